The number of aromatic nitrogens is 3. The van der Waals surface area contributed by atoms with Crippen LogP contribution in [0.4, 0.5) is 0 Å². The van der Waals surface area contributed by atoms with Gasteiger partial charge in [0.05, 0.1) is 5.92 Å². The lowest BCUT2D eigenvalue weighted by Crippen LogP contribution is -2.40. The predicted octanol–water partition coefficient (Wildman–Crippen LogP) is 0.0709. The quantitative estimate of drug-likeness (QED) is 0.753. The third-order valence-corrected chi connectivity index (χ3v) is 5.15. The number of hydrogen-bond acceptors (Lipinski definition) is 5. The summed E-state index contributed by atoms with van der Waals surface area (Å²) in [5, 5.41) is 4.05. The minimum atomic E-state index is 0.134. The highest BCUT2D eigenvalue weighted by Gasteiger charge is 2.31. The molecule has 1 unspecified atom stereocenters. The van der Waals surface area contributed by atoms with E-state index in [-0.39, 0.29) is 17.7 Å². The molecule has 2 fully saturated rings. The van der Waals surface area contributed by atoms with Crippen molar-refractivity contribution < 1.29 is 9.59 Å². The fraction of sp³-hybridized carbons (Fsp3) is 0.765. The molecule has 0 bridgehead atoms. The molecule has 2 aliphatic rings. The zero-order valence-corrected chi connectivity index (χ0v) is 15.0. The number of carbonyl (C=O) groups is 2. The van der Waals surface area contributed by atoms with Gasteiger partial charge in [0.15, 0.2) is 0 Å². The molecule has 0 N–H and O–H groups in total. The van der Waals surface area contributed by atoms with Crippen LogP contribution >= 0.6 is 0 Å². The highest BCUT2D eigenvalue weighted by molar-refractivity contribution is 5.80. The van der Waals surface area contributed by atoms with Crippen LogP contribution in [0.1, 0.15) is 25.7 Å². The first kappa shape index (κ1) is 17.8. The molecular formula is C17H28N6O2. The molecule has 1 aromatic heterocycles. The average molecular weight is 348 g/mol. The van der Waals surface area contributed by atoms with Gasteiger partial charge in [-0.3, -0.25) is 14.3 Å². The Balaban J connectivity index is 1.42. The SMILES string of the molecule is CN1CCC(C(=O)N2CCCN(C(=O)CCCn3cncn3)CC2)C1. The van der Waals surface area contributed by atoms with Crippen molar-refractivity contribution >= 4 is 11.8 Å². The second kappa shape index (κ2) is 8.42. The molecule has 0 spiro atoms. The summed E-state index contributed by atoms with van der Waals surface area (Å²) in [7, 11) is 2.06. The van der Waals surface area contributed by atoms with Crippen molar-refractivity contribution in [3.63, 3.8) is 0 Å². The largest absolute Gasteiger partial charge is 0.341 e. The van der Waals surface area contributed by atoms with E-state index in [0.717, 1.165) is 45.4 Å². The second-order valence-corrected chi connectivity index (χ2v) is 7.07. The fourth-order valence-corrected chi connectivity index (χ4v) is 3.68. The first-order chi connectivity index (χ1) is 12.1. The van der Waals surface area contributed by atoms with E-state index in [1.807, 2.05) is 9.80 Å². The van der Waals surface area contributed by atoms with E-state index in [1.54, 1.807) is 11.0 Å². The summed E-state index contributed by atoms with van der Waals surface area (Å²) in [6.07, 6.45) is 6.27. The lowest BCUT2D eigenvalue weighted by atomic mass is 10.1. The van der Waals surface area contributed by atoms with E-state index in [9.17, 15) is 9.59 Å². The van der Waals surface area contributed by atoms with Gasteiger partial charge < -0.3 is 14.7 Å². The van der Waals surface area contributed by atoms with Gasteiger partial charge in [0, 0.05) is 45.7 Å². The van der Waals surface area contributed by atoms with E-state index >= 15 is 0 Å². The minimum Gasteiger partial charge on any atom is -0.341 e. The molecule has 3 heterocycles. The van der Waals surface area contributed by atoms with Gasteiger partial charge in [-0.05, 0) is 32.9 Å². The van der Waals surface area contributed by atoms with E-state index in [4.69, 9.17) is 0 Å². The standard InChI is InChI=1S/C17H28N6O2/c1-20-9-5-15(12-20)17(25)22-7-3-6-21(10-11-22)16(24)4-2-8-23-14-18-13-19-23/h13-15H,2-12H2,1H3. The topological polar surface area (TPSA) is 74.6 Å². The van der Waals surface area contributed by atoms with Gasteiger partial charge in [-0.15, -0.1) is 0 Å². The molecule has 2 aliphatic heterocycles. The van der Waals surface area contributed by atoms with Crippen LogP contribution in [0, 0.1) is 5.92 Å². The monoisotopic (exact) mass is 348 g/mol. The molecule has 8 nitrogen and oxygen atoms in total. The number of aryl methyl sites for hydroxylation is 1. The van der Waals surface area contributed by atoms with Crippen molar-refractivity contribution in [1.29, 1.82) is 0 Å². The number of rotatable bonds is 5. The van der Waals surface area contributed by atoms with Crippen LogP contribution in [-0.4, -0.2) is 87.6 Å². The maximum atomic E-state index is 12.7. The first-order valence-electron chi connectivity index (χ1n) is 9.21. The Labute approximate surface area is 148 Å². The smallest absolute Gasteiger partial charge is 0.227 e. The van der Waals surface area contributed by atoms with Gasteiger partial charge in [-0.1, -0.05) is 0 Å². The highest BCUT2D eigenvalue weighted by Crippen LogP contribution is 2.18. The number of amides is 2. The third-order valence-electron chi connectivity index (χ3n) is 5.15. The Bertz CT molecular complexity index is 576. The summed E-state index contributed by atoms with van der Waals surface area (Å²) in [5.74, 6) is 0.578. The normalized spacial score (nSPS) is 22.2. The molecule has 0 aromatic carbocycles. The van der Waals surface area contributed by atoms with Crippen molar-refractivity contribution in [1.82, 2.24) is 29.5 Å². The molecule has 25 heavy (non-hydrogen) atoms. The molecule has 138 valence electrons. The van der Waals surface area contributed by atoms with Crippen LogP contribution in [0.2, 0.25) is 0 Å². The molecule has 1 atom stereocenters. The summed E-state index contributed by atoms with van der Waals surface area (Å²) < 4.78 is 1.74. The predicted molar refractivity (Wildman–Crippen MR) is 92.6 cm³/mol. The van der Waals surface area contributed by atoms with Gasteiger partial charge in [0.2, 0.25) is 11.8 Å². The zero-order chi connectivity index (χ0) is 17.6. The van der Waals surface area contributed by atoms with Crippen molar-refractivity contribution in [3.8, 4) is 0 Å². The van der Waals surface area contributed by atoms with Gasteiger partial charge in [0.1, 0.15) is 12.7 Å². The maximum Gasteiger partial charge on any atom is 0.227 e. The van der Waals surface area contributed by atoms with Gasteiger partial charge in [-0.2, -0.15) is 5.10 Å². The van der Waals surface area contributed by atoms with E-state index in [0.29, 0.717) is 26.1 Å². The molecule has 1 aromatic rings. The average Bonchev–Trinajstić information content (AvgIpc) is 3.20. The van der Waals surface area contributed by atoms with Crippen LogP contribution < -0.4 is 0 Å². The summed E-state index contributed by atoms with van der Waals surface area (Å²) in [6, 6.07) is 0. The molecule has 2 amide bonds. The summed E-state index contributed by atoms with van der Waals surface area (Å²) in [4.78, 5) is 35.1. The summed E-state index contributed by atoms with van der Waals surface area (Å²) in [6.45, 7) is 5.39. The van der Waals surface area contributed by atoms with Gasteiger partial charge >= 0.3 is 0 Å². The Morgan fingerprint density at radius 2 is 1.92 bits per heavy atom. The van der Waals surface area contributed by atoms with Crippen LogP contribution in [0.15, 0.2) is 12.7 Å². The number of likely N-dealkylation sites (tertiary alicyclic amines) is 1. The Kier molecular flexibility index (Phi) is 6.01. The highest BCUT2D eigenvalue weighted by atomic mass is 16.2. The zero-order valence-electron chi connectivity index (χ0n) is 15.0. The van der Waals surface area contributed by atoms with E-state index in [1.165, 1.54) is 6.33 Å². The first-order valence-corrected chi connectivity index (χ1v) is 9.21. The molecule has 3 rings (SSSR count). The van der Waals surface area contributed by atoms with Gasteiger partial charge in [0.25, 0.3) is 0 Å². The summed E-state index contributed by atoms with van der Waals surface area (Å²) in [5.41, 5.74) is 0. The molecular weight excluding hydrogens is 320 g/mol. The van der Waals surface area contributed by atoms with Crippen molar-refractivity contribution in [2.45, 2.75) is 32.2 Å². The molecule has 8 heteroatoms. The third kappa shape index (κ3) is 4.78. The van der Waals surface area contributed by atoms with Crippen LogP contribution in [0.5, 0.6) is 0 Å². The molecule has 0 saturated carbocycles. The van der Waals surface area contributed by atoms with Crippen LogP contribution in [-0.2, 0) is 16.1 Å². The van der Waals surface area contributed by atoms with Gasteiger partial charge in [-0.25, -0.2) is 4.98 Å². The maximum absolute atomic E-state index is 12.7. The molecule has 2 saturated heterocycles. The van der Waals surface area contributed by atoms with Crippen LogP contribution in [0.25, 0.3) is 0 Å². The molecule has 0 aliphatic carbocycles. The minimum absolute atomic E-state index is 0.134. The fourth-order valence-electron chi connectivity index (χ4n) is 3.68. The second-order valence-electron chi connectivity index (χ2n) is 7.07. The number of hydrogen-bond donors (Lipinski definition) is 0. The number of carbonyl (C=O) groups excluding carboxylic acids is 2. The Hall–Kier alpha value is -1.96. The van der Waals surface area contributed by atoms with Crippen LogP contribution in [0.3, 0.4) is 0 Å². The Morgan fingerprint density at radius 3 is 2.64 bits per heavy atom. The van der Waals surface area contributed by atoms with E-state index < -0.39 is 0 Å². The number of nitrogens with zero attached hydrogens (tertiary/aromatic N) is 6. The summed E-state index contributed by atoms with van der Waals surface area (Å²) >= 11 is 0. The lowest BCUT2D eigenvalue weighted by molar-refractivity contribution is -0.136. The molecule has 0 radical (unpaired) electrons. The van der Waals surface area contributed by atoms with Crippen molar-refractivity contribution in [3.05, 3.63) is 12.7 Å². The Morgan fingerprint density at radius 1 is 1.12 bits per heavy atom. The van der Waals surface area contributed by atoms with Crippen molar-refractivity contribution in [2.24, 2.45) is 5.92 Å². The lowest BCUT2D eigenvalue weighted by Gasteiger charge is -2.24. The van der Waals surface area contributed by atoms with Crippen molar-refractivity contribution in [2.75, 3.05) is 46.3 Å². The van der Waals surface area contributed by atoms with E-state index in [2.05, 4.69) is 22.0 Å².